The maximum atomic E-state index is 12.2. The molecule has 0 bridgehead atoms. The normalized spacial score (nSPS) is 20.3. The van der Waals surface area contributed by atoms with Gasteiger partial charge in [0.2, 0.25) is 5.91 Å². The van der Waals surface area contributed by atoms with Crippen LogP contribution in [0.2, 0.25) is 0 Å². The number of rotatable bonds is 5. The first-order chi connectivity index (χ1) is 9.10. The summed E-state index contributed by atoms with van der Waals surface area (Å²) < 4.78 is 0. The van der Waals surface area contributed by atoms with Gasteiger partial charge in [-0.3, -0.25) is 4.79 Å². The second-order valence-corrected chi connectivity index (χ2v) is 5.72. The lowest BCUT2D eigenvalue weighted by Crippen LogP contribution is -2.43. The number of hydrogen-bond donors (Lipinski definition) is 2. The zero-order chi connectivity index (χ0) is 13.8. The van der Waals surface area contributed by atoms with Crippen molar-refractivity contribution in [2.75, 3.05) is 5.32 Å². The number of carbonyl (C=O) groups excluding carboxylic acids is 1. The topological polar surface area (TPSA) is 41.1 Å². The number of benzene rings is 1. The number of anilines is 1. The first kappa shape index (κ1) is 13.9. The summed E-state index contributed by atoms with van der Waals surface area (Å²) in [4.78, 5) is 12.2. The average molecular weight is 260 g/mol. The van der Waals surface area contributed by atoms with Gasteiger partial charge in [-0.05, 0) is 30.9 Å². The molecule has 1 aromatic rings. The van der Waals surface area contributed by atoms with E-state index in [0.717, 1.165) is 24.9 Å². The van der Waals surface area contributed by atoms with E-state index in [2.05, 4.69) is 37.5 Å². The molecule has 0 fully saturated rings. The molecule has 1 aromatic carbocycles. The van der Waals surface area contributed by atoms with E-state index in [1.54, 1.807) is 0 Å². The molecule has 0 aromatic heterocycles. The number of hydrogen-bond acceptors (Lipinski definition) is 2. The summed E-state index contributed by atoms with van der Waals surface area (Å²) in [6.07, 6.45) is 2.99. The zero-order valence-electron chi connectivity index (χ0n) is 12.1. The Labute approximate surface area is 115 Å². The average Bonchev–Trinajstić information content (AvgIpc) is 2.82. The minimum atomic E-state index is -0.114. The van der Waals surface area contributed by atoms with E-state index >= 15 is 0 Å². The molecule has 0 radical (unpaired) electrons. The molecule has 0 aliphatic carbocycles. The van der Waals surface area contributed by atoms with Crippen molar-refractivity contribution in [3.63, 3.8) is 0 Å². The smallest absolute Gasteiger partial charge is 0.243 e. The van der Waals surface area contributed by atoms with Gasteiger partial charge in [-0.15, -0.1) is 0 Å². The molecule has 2 rings (SSSR count). The SMILES string of the molecule is CCC(C)CC(C)NC(=O)[C@@H]1Cc2ccccc2N1. The number of para-hydroxylation sites is 1. The Balaban J connectivity index is 1.86. The molecule has 1 heterocycles. The molecule has 0 saturated heterocycles. The number of carbonyl (C=O) groups is 1. The zero-order valence-corrected chi connectivity index (χ0v) is 12.1. The summed E-state index contributed by atoms with van der Waals surface area (Å²) in [6, 6.07) is 8.26. The standard InChI is InChI=1S/C16H24N2O/c1-4-11(2)9-12(3)17-16(19)15-10-13-7-5-6-8-14(13)18-15/h5-8,11-12,15,18H,4,9-10H2,1-3H3,(H,17,19)/t11?,12?,15-/m0/s1. The van der Waals surface area contributed by atoms with Gasteiger partial charge in [0.1, 0.15) is 6.04 Å². The predicted molar refractivity (Wildman–Crippen MR) is 79.2 cm³/mol. The number of nitrogens with one attached hydrogen (secondary N) is 2. The van der Waals surface area contributed by atoms with Gasteiger partial charge >= 0.3 is 0 Å². The van der Waals surface area contributed by atoms with Gasteiger partial charge in [0.15, 0.2) is 0 Å². The van der Waals surface area contributed by atoms with Crippen molar-refractivity contribution >= 4 is 11.6 Å². The van der Waals surface area contributed by atoms with Crippen LogP contribution in [0.3, 0.4) is 0 Å². The van der Waals surface area contributed by atoms with Crippen molar-refractivity contribution in [2.45, 2.75) is 52.1 Å². The molecule has 2 unspecified atom stereocenters. The van der Waals surface area contributed by atoms with E-state index in [9.17, 15) is 4.79 Å². The predicted octanol–water partition coefficient (Wildman–Crippen LogP) is 2.96. The summed E-state index contributed by atoms with van der Waals surface area (Å²) in [7, 11) is 0. The van der Waals surface area contributed by atoms with Gasteiger partial charge in [0.25, 0.3) is 0 Å². The molecule has 1 aliphatic rings. The maximum absolute atomic E-state index is 12.2. The second kappa shape index (κ2) is 6.09. The molecule has 104 valence electrons. The summed E-state index contributed by atoms with van der Waals surface area (Å²) in [5, 5.41) is 6.42. The minimum absolute atomic E-state index is 0.114. The summed E-state index contributed by atoms with van der Waals surface area (Å²) in [5.41, 5.74) is 2.33. The largest absolute Gasteiger partial charge is 0.373 e. The fraction of sp³-hybridized carbons (Fsp3) is 0.562. The first-order valence-corrected chi connectivity index (χ1v) is 7.25. The lowest BCUT2D eigenvalue weighted by Gasteiger charge is -2.20. The quantitative estimate of drug-likeness (QED) is 0.854. The van der Waals surface area contributed by atoms with Gasteiger partial charge < -0.3 is 10.6 Å². The van der Waals surface area contributed by atoms with Crippen LogP contribution in [0.5, 0.6) is 0 Å². The third-order valence-corrected chi connectivity index (χ3v) is 3.93. The summed E-state index contributed by atoms with van der Waals surface area (Å²) in [5.74, 6) is 0.774. The molecule has 0 spiro atoms. The molecular formula is C16H24N2O. The maximum Gasteiger partial charge on any atom is 0.243 e. The van der Waals surface area contributed by atoms with Crippen molar-refractivity contribution in [1.82, 2.24) is 5.32 Å². The van der Waals surface area contributed by atoms with Crippen molar-refractivity contribution in [1.29, 1.82) is 0 Å². The van der Waals surface area contributed by atoms with Gasteiger partial charge in [-0.25, -0.2) is 0 Å². The van der Waals surface area contributed by atoms with E-state index in [-0.39, 0.29) is 18.0 Å². The lowest BCUT2D eigenvalue weighted by molar-refractivity contribution is -0.122. The Bertz CT molecular complexity index is 419. The van der Waals surface area contributed by atoms with Crippen LogP contribution in [0.1, 0.15) is 39.2 Å². The van der Waals surface area contributed by atoms with E-state index in [1.165, 1.54) is 5.56 Å². The third-order valence-electron chi connectivity index (χ3n) is 3.93. The summed E-state index contributed by atoms with van der Waals surface area (Å²) >= 11 is 0. The molecule has 1 aliphatic heterocycles. The van der Waals surface area contributed by atoms with Crippen molar-refractivity contribution in [3.05, 3.63) is 29.8 Å². The van der Waals surface area contributed by atoms with E-state index in [1.807, 2.05) is 18.2 Å². The monoisotopic (exact) mass is 260 g/mol. The van der Waals surface area contributed by atoms with E-state index < -0.39 is 0 Å². The van der Waals surface area contributed by atoms with Crippen LogP contribution >= 0.6 is 0 Å². The minimum Gasteiger partial charge on any atom is -0.373 e. The van der Waals surface area contributed by atoms with Crippen LogP contribution in [-0.2, 0) is 11.2 Å². The van der Waals surface area contributed by atoms with Crippen LogP contribution in [0, 0.1) is 5.92 Å². The Morgan fingerprint density at radius 3 is 2.84 bits per heavy atom. The van der Waals surface area contributed by atoms with Crippen LogP contribution < -0.4 is 10.6 Å². The van der Waals surface area contributed by atoms with E-state index in [0.29, 0.717) is 5.92 Å². The molecule has 0 saturated carbocycles. The number of fused-ring (bicyclic) bond motifs is 1. The van der Waals surface area contributed by atoms with Crippen LogP contribution in [0.15, 0.2) is 24.3 Å². The highest BCUT2D eigenvalue weighted by Crippen LogP contribution is 2.25. The van der Waals surface area contributed by atoms with Gasteiger partial charge in [-0.1, -0.05) is 38.5 Å². The summed E-state index contributed by atoms with van der Waals surface area (Å²) in [6.45, 7) is 6.51. The fourth-order valence-corrected chi connectivity index (χ4v) is 2.63. The lowest BCUT2D eigenvalue weighted by atomic mass is 10.00. The molecule has 3 nitrogen and oxygen atoms in total. The Kier molecular flexibility index (Phi) is 4.46. The molecule has 19 heavy (non-hydrogen) atoms. The molecule has 3 heteroatoms. The molecular weight excluding hydrogens is 236 g/mol. The highest BCUT2D eigenvalue weighted by Gasteiger charge is 2.27. The Hall–Kier alpha value is -1.51. The second-order valence-electron chi connectivity index (χ2n) is 5.72. The number of amides is 1. The third kappa shape index (κ3) is 3.49. The highest BCUT2D eigenvalue weighted by atomic mass is 16.2. The Morgan fingerprint density at radius 2 is 2.16 bits per heavy atom. The molecule has 3 atom stereocenters. The van der Waals surface area contributed by atoms with Gasteiger partial charge in [0.05, 0.1) is 0 Å². The van der Waals surface area contributed by atoms with Crippen molar-refractivity contribution < 1.29 is 4.79 Å². The van der Waals surface area contributed by atoms with Gasteiger partial charge in [0, 0.05) is 18.2 Å². The van der Waals surface area contributed by atoms with E-state index in [4.69, 9.17) is 0 Å². The van der Waals surface area contributed by atoms with Crippen molar-refractivity contribution in [2.24, 2.45) is 5.92 Å². The highest BCUT2D eigenvalue weighted by molar-refractivity contribution is 5.87. The fourth-order valence-electron chi connectivity index (χ4n) is 2.63. The Morgan fingerprint density at radius 1 is 1.42 bits per heavy atom. The van der Waals surface area contributed by atoms with Crippen molar-refractivity contribution in [3.8, 4) is 0 Å². The van der Waals surface area contributed by atoms with Crippen LogP contribution in [0.25, 0.3) is 0 Å². The van der Waals surface area contributed by atoms with Crippen LogP contribution in [-0.4, -0.2) is 18.0 Å². The van der Waals surface area contributed by atoms with Crippen LogP contribution in [0.4, 0.5) is 5.69 Å². The molecule has 1 amide bonds. The van der Waals surface area contributed by atoms with Gasteiger partial charge in [-0.2, -0.15) is 0 Å². The molecule has 2 N–H and O–H groups in total. The first-order valence-electron chi connectivity index (χ1n) is 7.25.